The van der Waals surface area contributed by atoms with Gasteiger partial charge in [-0.1, -0.05) is 6.07 Å². The minimum atomic E-state index is 0.698. The molecule has 2 aromatic rings. The average molecular weight is 229 g/mol. The molecule has 0 atom stereocenters. The number of pyridine rings is 1. The van der Waals surface area contributed by atoms with E-state index < -0.39 is 0 Å². The normalized spacial score (nSPS) is 10.0. The van der Waals surface area contributed by atoms with E-state index in [1.165, 1.54) is 0 Å². The molecule has 0 radical (unpaired) electrons. The van der Waals surface area contributed by atoms with E-state index in [-0.39, 0.29) is 0 Å². The van der Waals surface area contributed by atoms with Crippen LogP contribution < -0.4 is 15.4 Å². The zero-order valence-corrected chi connectivity index (χ0v) is 9.92. The Hall–Kier alpha value is -2.23. The van der Waals surface area contributed by atoms with Gasteiger partial charge in [0, 0.05) is 18.9 Å². The quantitative estimate of drug-likeness (QED) is 0.821. The van der Waals surface area contributed by atoms with Crippen LogP contribution in [-0.2, 0) is 0 Å². The van der Waals surface area contributed by atoms with Crippen LogP contribution in [0, 0.1) is 0 Å². The lowest BCUT2D eigenvalue weighted by molar-refractivity contribution is 0.415. The van der Waals surface area contributed by atoms with E-state index in [0.717, 1.165) is 17.3 Å². The van der Waals surface area contributed by atoms with E-state index in [9.17, 15) is 0 Å². The second kappa shape index (κ2) is 4.74. The summed E-state index contributed by atoms with van der Waals surface area (Å²) in [5.74, 6) is 1.61. The fourth-order valence-electron chi connectivity index (χ4n) is 1.64. The predicted octanol–water partition coefficient (Wildman–Crippen LogP) is 2.44. The van der Waals surface area contributed by atoms with Gasteiger partial charge in [0.25, 0.3) is 0 Å². The number of aromatic nitrogens is 1. The third-order valence-electron chi connectivity index (χ3n) is 2.56. The van der Waals surface area contributed by atoms with Crippen LogP contribution in [0.1, 0.15) is 0 Å². The molecular formula is C13H15N3O. The van der Waals surface area contributed by atoms with Gasteiger partial charge in [-0.05, 0) is 30.3 Å². The molecule has 0 aliphatic rings. The Bertz CT molecular complexity index is 499. The highest BCUT2D eigenvalue weighted by molar-refractivity contribution is 5.70. The molecule has 4 nitrogen and oxygen atoms in total. The topological polar surface area (TPSA) is 51.4 Å². The summed E-state index contributed by atoms with van der Waals surface area (Å²) in [5.41, 5.74) is 7.39. The molecule has 88 valence electrons. The van der Waals surface area contributed by atoms with E-state index in [1.54, 1.807) is 13.3 Å². The van der Waals surface area contributed by atoms with Crippen LogP contribution in [0.3, 0.4) is 0 Å². The van der Waals surface area contributed by atoms with Crippen molar-refractivity contribution in [2.24, 2.45) is 0 Å². The molecule has 1 aromatic heterocycles. The molecule has 4 heteroatoms. The molecule has 1 heterocycles. The molecule has 0 aliphatic carbocycles. The third kappa shape index (κ3) is 2.30. The number of hydrogen-bond donors (Lipinski definition) is 1. The Morgan fingerprint density at radius 1 is 1.24 bits per heavy atom. The van der Waals surface area contributed by atoms with Gasteiger partial charge < -0.3 is 15.4 Å². The van der Waals surface area contributed by atoms with Crippen LogP contribution in [0.2, 0.25) is 0 Å². The second-order valence-electron chi connectivity index (χ2n) is 3.68. The first kappa shape index (κ1) is 11.3. The van der Waals surface area contributed by atoms with E-state index in [1.807, 2.05) is 48.3 Å². The molecule has 0 saturated heterocycles. The lowest BCUT2D eigenvalue weighted by Crippen LogP contribution is -2.12. The lowest BCUT2D eigenvalue weighted by atomic mass is 10.2. The number of nitrogens with two attached hydrogens (primary N) is 1. The molecule has 0 unspecified atom stereocenters. The first-order valence-corrected chi connectivity index (χ1v) is 5.30. The van der Waals surface area contributed by atoms with Crippen LogP contribution in [-0.4, -0.2) is 19.1 Å². The Labute approximate surface area is 101 Å². The number of ether oxygens (including phenoxy) is 1. The fourth-order valence-corrected chi connectivity index (χ4v) is 1.64. The Kier molecular flexibility index (Phi) is 3.14. The third-order valence-corrected chi connectivity index (χ3v) is 2.56. The maximum absolute atomic E-state index is 5.80. The zero-order valence-electron chi connectivity index (χ0n) is 9.92. The van der Waals surface area contributed by atoms with Crippen molar-refractivity contribution >= 4 is 17.2 Å². The summed E-state index contributed by atoms with van der Waals surface area (Å²) in [5, 5.41) is 0. The van der Waals surface area contributed by atoms with Crippen LogP contribution in [0.4, 0.5) is 17.2 Å². The molecule has 0 bridgehead atoms. The van der Waals surface area contributed by atoms with Gasteiger partial charge in [-0.15, -0.1) is 0 Å². The van der Waals surface area contributed by atoms with Crippen LogP contribution in [0.15, 0.2) is 42.6 Å². The smallest absolute Gasteiger partial charge is 0.142 e. The van der Waals surface area contributed by atoms with Gasteiger partial charge in [-0.25, -0.2) is 4.98 Å². The molecule has 0 saturated carbocycles. The van der Waals surface area contributed by atoms with Crippen molar-refractivity contribution in [1.29, 1.82) is 0 Å². The fraction of sp³-hybridized carbons (Fsp3) is 0.154. The highest BCUT2D eigenvalue weighted by atomic mass is 16.5. The van der Waals surface area contributed by atoms with E-state index in [4.69, 9.17) is 10.5 Å². The van der Waals surface area contributed by atoms with E-state index in [0.29, 0.717) is 5.69 Å². The molecule has 2 N–H and O–H groups in total. The molecule has 0 fully saturated rings. The van der Waals surface area contributed by atoms with Crippen molar-refractivity contribution in [3.05, 3.63) is 42.6 Å². The SMILES string of the molecule is COc1ccc(N)cc1N(C)c1ccccn1. The van der Waals surface area contributed by atoms with Gasteiger partial charge in [0.15, 0.2) is 0 Å². The molecular weight excluding hydrogens is 214 g/mol. The van der Waals surface area contributed by atoms with Crippen molar-refractivity contribution < 1.29 is 4.74 Å². The highest BCUT2D eigenvalue weighted by Gasteiger charge is 2.10. The van der Waals surface area contributed by atoms with E-state index in [2.05, 4.69) is 4.98 Å². The largest absolute Gasteiger partial charge is 0.495 e. The predicted molar refractivity (Wildman–Crippen MR) is 69.7 cm³/mol. The minimum Gasteiger partial charge on any atom is -0.495 e. The summed E-state index contributed by atoms with van der Waals surface area (Å²) in [6.45, 7) is 0. The van der Waals surface area contributed by atoms with Gasteiger partial charge >= 0.3 is 0 Å². The molecule has 0 amide bonds. The number of nitrogens with zero attached hydrogens (tertiary/aromatic N) is 2. The molecule has 0 spiro atoms. The summed E-state index contributed by atoms with van der Waals surface area (Å²) in [6, 6.07) is 11.3. The van der Waals surface area contributed by atoms with Crippen molar-refractivity contribution in [3.8, 4) is 5.75 Å². The number of anilines is 3. The Morgan fingerprint density at radius 2 is 2.06 bits per heavy atom. The molecule has 17 heavy (non-hydrogen) atoms. The molecule has 1 aromatic carbocycles. The van der Waals surface area contributed by atoms with Crippen molar-refractivity contribution in [1.82, 2.24) is 4.98 Å². The second-order valence-corrected chi connectivity index (χ2v) is 3.68. The van der Waals surface area contributed by atoms with Crippen molar-refractivity contribution in [2.75, 3.05) is 24.8 Å². The van der Waals surface area contributed by atoms with Gasteiger partial charge in [0.2, 0.25) is 0 Å². The minimum absolute atomic E-state index is 0.698. The lowest BCUT2D eigenvalue weighted by Gasteiger charge is -2.21. The Morgan fingerprint density at radius 3 is 2.71 bits per heavy atom. The first-order chi connectivity index (χ1) is 8.22. The summed E-state index contributed by atoms with van der Waals surface area (Å²) < 4.78 is 5.32. The number of nitrogen functional groups attached to an aromatic ring is 1. The van der Waals surface area contributed by atoms with Crippen LogP contribution >= 0.6 is 0 Å². The Balaban J connectivity index is 2.43. The van der Waals surface area contributed by atoms with Crippen LogP contribution in [0.25, 0.3) is 0 Å². The number of benzene rings is 1. The highest BCUT2D eigenvalue weighted by Crippen LogP contribution is 2.32. The number of hydrogen-bond acceptors (Lipinski definition) is 4. The summed E-state index contributed by atoms with van der Waals surface area (Å²) in [7, 11) is 3.57. The van der Waals surface area contributed by atoms with Gasteiger partial charge in [0.05, 0.1) is 12.8 Å². The molecule has 2 rings (SSSR count). The maximum atomic E-state index is 5.80. The van der Waals surface area contributed by atoms with E-state index >= 15 is 0 Å². The number of rotatable bonds is 3. The van der Waals surface area contributed by atoms with Crippen molar-refractivity contribution in [3.63, 3.8) is 0 Å². The standard InChI is InChI=1S/C13H15N3O/c1-16(13-5-3-4-8-15-13)11-9-10(14)6-7-12(11)17-2/h3-9H,14H2,1-2H3. The monoisotopic (exact) mass is 229 g/mol. The van der Waals surface area contributed by atoms with Gasteiger partial charge in [0.1, 0.15) is 11.6 Å². The van der Waals surface area contributed by atoms with Crippen molar-refractivity contribution in [2.45, 2.75) is 0 Å². The number of methoxy groups -OCH3 is 1. The van der Waals surface area contributed by atoms with Gasteiger partial charge in [-0.3, -0.25) is 0 Å². The zero-order chi connectivity index (χ0) is 12.3. The molecule has 0 aliphatic heterocycles. The summed E-state index contributed by atoms with van der Waals surface area (Å²) in [4.78, 5) is 6.23. The maximum Gasteiger partial charge on any atom is 0.142 e. The van der Waals surface area contributed by atoms with Crippen LogP contribution in [0.5, 0.6) is 5.75 Å². The summed E-state index contributed by atoms with van der Waals surface area (Å²) in [6.07, 6.45) is 1.75. The van der Waals surface area contributed by atoms with Gasteiger partial charge in [-0.2, -0.15) is 0 Å². The first-order valence-electron chi connectivity index (χ1n) is 5.30. The summed E-state index contributed by atoms with van der Waals surface area (Å²) >= 11 is 0. The average Bonchev–Trinajstić information content (AvgIpc) is 2.39.